The van der Waals surface area contributed by atoms with Crippen LogP contribution in [0.5, 0.6) is 0 Å². The first-order valence-corrected chi connectivity index (χ1v) is 11.6. The van der Waals surface area contributed by atoms with Gasteiger partial charge in [0.25, 0.3) is 0 Å². The van der Waals surface area contributed by atoms with Crippen LogP contribution in [0.15, 0.2) is 29.3 Å². The highest BCUT2D eigenvalue weighted by Crippen LogP contribution is 2.16. The molecule has 1 saturated heterocycles. The van der Waals surface area contributed by atoms with Crippen molar-refractivity contribution in [2.24, 2.45) is 4.99 Å². The Morgan fingerprint density at radius 2 is 1.77 bits per heavy atom. The Balaban J connectivity index is 0.00000341. The second-order valence-corrected chi connectivity index (χ2v) is 9.35. The van der Waals surface area contributed by atoms with E-state index in [4.69, 9.17) is 9.73 Å². The van der Waals surface area contributed by atoms with E-state index >= 15 is 0 Å². The lowest BCUT2D eigenvalue weighted by atomic mass is 10.1. The maximum atomic E-state index is 5.83. The van der Waals surface area contributed by atoms with Gasteiger partial charge in [0.05, 0.1) is 31.0 Å². The molecule has 0 amide bonds. The van der Waals surface area contributed by atoms with Gasteiger partial charge in [0.15, 0.2) is 5.96 Å². The number of hydrogen-bond acceptors (Lipinski definition) is 5. The predicted octanol–water partition coefficient (Wildman–Crippen LogP) is 4.24. The number of rotatable bonds is 7. The summed E-state index contributed by atoms with van der Waals surface area (Å²) in [6, 6.07) is 8.81. The molecule has 2 N–H and O–H groups in total. The normalized spacial score (nSPS) is 19.7. The number of aromatic nitrogens is 1. The number of guanidine groups is 1. The molecule has 1 aromatic heterocycles. The molecule has 0 spiro atoms. The Bertz CT molecular complexity index is 809. The van der Waals surface area contributed by atoms with E-state index in [1.807, 2.05) is 0 Å². The van der Waals surface area contributed by atoms with Crippen LogP contribution in [-0.4, -0.2) is 47.7 Å². The fourth-order valence-electron chi connectivity index (χ4n) is 3.71. The van der Waals surface area contributed by atoms with Gasteiger partial charge in [-0.2, -0.15) is 0 Å². The molecule has 31 heavy (non-hydrogen) atoms. The van der Waals surface area contributed by atoms with Crippen molar-refractivity contribution in [1.82, 2.24) is 20.5 Å². The number of thiazole rings is 1. The molecule has 0 aliphatic carbocycles. The third-order valence-electron chi connectivity index (χ3n) is 5.17. The van der Waals surface area contributed by atoms with Gasteiger partial charge in [-0.05, 0) is 45.7 Å². The summed E-state index contributed by atoms with van der Waals surface area (Å²) in [5.41, 5.74) is 3.66. The minimum absolute atomic E-state index is 0. The van der Waals surface area contributed by atoms with E-state index in [0.29, 0.717) is 25.3 Å². The van der Waals surface area contributed by atoms with E-state index < -0.39 is 0 Å². The summed E-state index contributed by atoms with van der Waals surface area (Å²) in [5.74, 6) is 0.823. The van der Waals surface area contributed by atoms with E-state index in [9.17, 15) is 0 Å². The molecule has 8 heteroatoms. The SMILES string of the molecule is CCNC(=NCc1ccc(CN2CC(C)OC(C)C2)cc1)NCc1nc(C)c(C)s1.I. The van der Waals surface area contributed by atoms with Crippen LogP contribution in [0.3, 0.4) is 0 Å². The smallest absolute Gasteiger partial charge is 0.191 e. The van der Waals surface area contributed by atoms with Crippen molar-refractivity contribution in [3.8, 4) is 0 Å². The molecule has 0 radical (unpaired) electrons. The monoisotopic (exact) mass is 557 g/mol. The Morgan fingerprint density at radius 1 is 1.13 bits per heavy atom. The number of hydrogen-bond donors (Lipinski definition) is 2. The number of ether oxygens (including phenoxy) is 1. The highest BCUT2D eigenvalue weighted by atomic mass is 127. The van der Waals surface area contributed by atoms with Crippen molar-refractivity contribution in [3.63, 3.8) is 0 Å². The first-order chi connectivity index (χ1) is 14.4. The summed E-state index contributed by atoms with van der Waals surface area (Å²) in [6.07, 6.45) is 0.605. The van der Waals surface area contributed by atoms with E-state index in [1.165, 1.54) is 16.0 Å². The summed E-state index contributed by atoms with van der Waals surface area (Å²) < 4.78 is 5.83. The van der Waals surface area contributed by atoms with Crippen LogP contribution in [0.25, 0.3) is 0 Å². The van der Waals surface area contributed by atoms with E-state index in [-0.39, 0.29) is 24.0 Å². The number of nitrogens with zero attached hydrogens (tertiary/aromatic N) is 3. The van der Waals surface area contributed by atoms with Gasteiger partial charge in [-0.25, -0.2) is 9.98 Å². The fourth-order valence-corrected chi connectivity index (χ4v) is 4.58. The highest BCUT2D eigenvalue weighted by Gasteiger charge is 2.21. The number of morpholine rings is 1. The summed E-state index contributed by atoms with van der Waals surface area (Å²) >= 11 is 1.74. The fraction of sp³-hybridized carbons (Fsp3) is 0.565. The average molecular weight is 558 g/mol. The number of aliphatic imine (C=N–C) groups is 1. The van der Waals surface area contributed by atoms with Gasteiger partial charge in [-0.15, -0.1) is 35.3 Å². The molecule has 1 aliphatic rings. The van der Waals surface area contributed by atoms with Crippen LogP contribution in [0, 0.1) is 13.8 Å². The molecule has 2 heterocycles. The largest absolute Gasteiger partial charge is 0.373 e. The zero-order valence-electron chi connectivity index (χ0n) is 19.3. The molecule has 2 unspecified atom stereocenters. The van der Waals surface area contributed by atoms with Gasteiger partial charge in [0, 0.05) is 31.1 Å². The Kier molecular flexibility index (Phi) is 10.7. The summed E-state index contributed by atoms with van der Waals surface area (Å²) in [5, 5.41) is 7.79. The Morgan fingerprint density at radius 3 is 2.35 bits per heavy atom. The lowest BCUT2D eigenvalue weighted by Crippen LogP contribution is -2.44. The number of benzene rings is 1. The molecular weight excluding hydrogens is 521 g/mol. The third kappa shape index (κ3) is 8.32. The first kappa shape index (κ1) is 26.0. The van der Waals surface area contributed by atoms with Gasteiger partial charge in [-0.3, -0.25) is 4.90 Å². The quantitative estimate of drug-likeness (QED) is 0.303. The zero-order chi connectivity index (χ0) is 21.5. The van der Waals surface area contributed by atoms with Gasteiger partial charge >= 0.3 is 0 Å². The van der Waals surface area contributed by atoms with Gasteiger partial charge < -0.3 is 15.4 Å². The summed E-state index contributed by atoms with van der Waals surface area (Å²) in [4.78, 5) is 13.1. The molecular formula is C23H36IN5OS. The number of nitrogens with one attached hydrogen (secondary N) is 2. The zero-order valence-corrected chi connectivity index (χ0v) is 22.4. The average Bonchev–Trinajstić information content (AvgIpc) is 3.02. The number of halogens is 1. The van der Waals surface area contributed by atoms with E-state index in [1.54, 1.807) is 11.3 Å². The minimum atomic E-state index is 0. The topological polar surface area (TPSA) is 61.8 Å². The second kappa shape index (κ2) is 12.7. The first-order valence-electron chi connectivity index (χ1n) is 10.8. The van der Waals surface area contributed by atoms with Crippen molar-refractivity contribution < 1.29 is 4.74 Å². The van der Waals surface area contributed by atoms with Crippen LogP contribution in [0.4, 0.5) is 0 Å². The molecule has 172 valence electrons. The van der Waals surface area contributed by atoms with Gasteiger partial charge in [0.2, 0.25) is 0 Å². The highest BCUT2D eigenvalue weighted by molar-refractivity contribution is 14.0. The molecule has 6 nitrogen and oxygen atoms in total. The summed E-state index contributed by atoms with van der Waals surface area (Å²) in [7, 11) is 0. The van der Waals surface area contributed by atoms with Crippen LogP contribution < -0.4 is 10.6 Å². The van der Waals surface area contributed by atoms with Crippen LogP contribution in [0.2, 0.25) is 0 Å². The molecule has 2 atom stereocenters. The second-order valence-electron chi connectivity index (χ2n) is 8.07. The predicted molar refractivity (Wildman–Crippen MR) is 140 cm³/mol. The van der Waals surface area contributed by atoms with Gasteiger partial charge in [0.1, 0.15) is 5.01 Å². The van der Waals surface area contributed by atoms with Crippen molar-refractivity contribution in [2.45, 2.75) is 66.5 Å². The van der Waals surface area contributed by atoms with Crippen molar-refractivity contribution >= 4 is 41.3 Å². The standard InChI is InChI=1S/C23H35N5OS.HI/c1-6-24-23(26-12-22-27-18(4)19(5)30-22)25-11-20-7-9-21(10-8-20)15-28-13-16(2)29-17(3)14-28;/h7-10,16-17H,6,11-15H2,1-5H3,(H2,24,25,26);1H. The molecule has 2 aromatic rings. The van der Waals surface area contributed by atoms with Crippen molar-refractivity contribution in [1.29, 1.82) is 0 Å². The van der Waals surface area contributed by atoms with Crippen molar-refractivity contribution in [3.05, 3.63) is 51.0 Å². The third-order valence-corrected chi connectivity index (χ3v) is 6.24. The van der Waals surface area contributed by atoms with E-state index in [2.05, 4.69) is 79.4 Å². The minimum Gasteiger partial charge on any atom is -0.373 e. The lowest BCUT2D eigenvalue weighted by molar-refractivity contribution is -0.0704. The molecule has 3 rings (SSSR count). The molecule has 0 bridgehead atoms. The van der Waals surface area contributed by atoms with Crippen LogP contribution in [-0.2, 0) is 24.4 Å². The lowest BCUT2D eigenvalue weighted by Gasteiger charge is -2.35. The van der Waals surface area contributed by atoms with Crippen LogP contribution >= 0.6 is 35.3 Å². The Hall–Kier alpha value is -1.23. The van der Waals surface area contributed by atoms with E-state index in [0.717, 1.165) is 42.8 Å². The molecule has 1 aromatic carbocycles. The maximum absolute atomic E-state index is 5.83. The molecule has 1 fully saturated rings. The Labute approximate surface area is 207 Å². The molecule has 0 saturated carbocycles. The summed E-state index contributed by atoms with van der Waals surface area (Å²) in [6.45, 7) is 15.7. The van der Waals surface area contributed by atoms with Gasteiger partial charge in [-0.1, -0.05) is 24.3 Å². The maximum Gasteiger partial charge on any atom is 0.191 e. The van der Waals surface area contributed by atoms with Crippen LogP contribution in [0.1, 0.15) is 47.5 Å². The van der Waals surface area contributed by atoms with Crippen molar-refractivity contribution in [2.75, 3.05) is 19.6 Å². The molecule has 1 aliphatic heterocycles. The number of aryl methyl sites for hydroxylation is 2.